The number of carbonyl (C=O) groups is 2. The molecule has 120 valence electrons. The van der Waals surface area contributed by atoms with Crippen LogP contribution in [0.25, 0.3) is 6.08 Å². The molecule has 0 atom stereocenters. The number of nitrogens with zero attached hydrogens (tertiary/aromatic N) is 1. The molecule has 1 aromatic carbocycles. The van der Waals surface area contributed by atoms with Crippen LogP contribution in [0, 0.1) is 6.92 Å². The molecule has 0 saturated carbocycles. The Balaban J connectivity index is 1.89. The standard InChI is InChI=1S/C18H14N2O3S/c1-12-7-9-13(10-8-12)20-17(22)15(16(21)19-18(20)24)6-2-4-14-5-3-11-23-14/h2-11H,1H3,(H,19,21,24)/b4-2+,15-6+. The molecule has 1 saturated heterocycles. The van der Waals surface area contributed by atoms with E-state index in [-0.39, 0.29) is 10.7 Å². The van der Waals surface area contributed by atoms with E-state index in [0.29, 0.717) is 11.4 Å². The zero-order chi connectivity index (χ0) is 17.1. The van der Waals surface area contributed by atoms with Gasteiger partial charge in [0.05, 0.1) is 12.0 Å². The second-order valence-electron chi connectivity index (χ2n) is 5.19. The Morgan fingerprint density at radius 1 is 1.17 bits per heavy atom. The smallest absolute Gasteiger partial charge is 0.270 e. The van der Waals surface area contributed by atoms with E-state index in [1.54, 1.807) is 42.7 Å². The molecular formula is C18H14N2O3S. The largest absolute Gasteiger partial charge is 0.465 e. The van der Waals surface area contributed by atoms with Crippen LogP contribution < -0.4 is 10.2 Å². The second-order valence-corrected chi connectivity index (χ2v) is 5.58. The van der Waals surface area contributed by atoms with Gasteiger partial charge in [-0.25, -0.2) is 0 Å². The number of carbonyl (C=O) groups excluding carboxylic acids is 2. The number of anilines is 1. The van der Waals surface area contributed by atoms with Gasteiger partial charge in [0.2, 0.25) is 0 Å². The molecule has 1 fully saturated rings. The average molecular weight is 338 g/mol. The minimum atomic E-state index is -0.516. The number of rotatable bonds is 3. The van der Waals surface area contributed by atoms with Crippen LogP contribution in [-0.4, -0.2) is 16.9 Å². The number of aryl methyl sites for hydroxylation is 1. The zero-order valence-electron chi connectivity index (χ0n) is 12.9. The molecule has 3 rings (SSSR count). The van der Waals surface area contributed by atoms with Gasteiger partial charge in [-0.2, -0.15) is 0 Å². The van der Waals surface area contributed by atoms with Crippen molar-refractivity contribution in [3.63, 3.8) is 0 Å². The lowest BCUT2D eigenvalue weighted by Gasteiger charge is -2.28. The van der Waals surface area contributed by atoms with E-state index >= 15 is 0 Å². The molecule has 0 bridgehead atoms. The van der Waals surface area contributed by atoms with Crippen LogP contribution in [0.3, 0.4) is 0 Å². The summed E-state index contributed by atoms with van der Waals surface area (Å²) in [7, 11) is 0. The van der Waals surface area contributed by atoms with Gasteiger partial charge in [-0.3, -0.25) is 19.8 Å². The van der Waals surface area contributed by atoms with Gasteiger partial charge in [-0.15, -0.1) is 0 Å². The Morgan fingerprint density at radius 2 is 1.92 bits per heavy atom. The van der Waals surface area contributed by atoms with Crippen LogP contribution in [-0.2, 0) is 9.59 Å². The molecule has 0 spiro atoms. The van der Waals surface area contributed by atoms with Crippen molar-refractivity contribution in [1.29, 1.82) is 0 Å². The SMILES string of the molecule is Cc1ccc(N2C(=O)/C(=C/C=C/c3ccco3)C(=O)NC2=S)cc1. The monoisotopic (exact) mass is 338 g/mol. The summed E-state index contributed by atoms with van der Waals surface area (Å²) in [6, 6.07) is 10.8. The van der Waals surface area contributed by atoms with Crippen LogP contribution in [0.2, 0.25) is 0 Å². The minimum Gasteiger partial charge on any atom is -0.465 e. The third-order valence-electron chi connectivity index (χ3n) is 3.46. The molecule has 0 radical (unpaired) electrons. The van der Waals surface area contributed by atoms with Gasteiger partial charge in [0.15, 0.2) is 5.11 Å². The quantitative estimate of drug-likeness (QED) is 0.531. The highest BCUT2D eigenvalue weighted by molar-refractivity contribution is 7.80. The fourth-order valence-electron chi connectivity index (χ4n) is 2.23. The Morgan fingerprint density at radius 3 is 2.58 bits per heavy atom. The molecule has 6 heteroatoms. The van der Waals surface area contributed by atoms with Crippen molar-refractivity contribution in [1.82, 2.24) is 5.32 Å². The summed E-state index contributed by atoms with van der Waals surface area (Å²) in [5.41, 5.74) is 1.68. The number of hydrogen-bond acceptors (Lipinski definition) is 4. The zero-order valence-corrected chi connectivity index (χ0v) is 13.7. The predicted molar refractivity (Wildman–Crippen MR) is 95.2 cm³/mol. The summed E-state index contributed by atoms with van der Waals surface area (Å²) in [6.07, 6.45) is 6.25. The molecule has 1 aliphatic rings. The predicted octanol–water partition coefficient (Wildman–Crippen LogP) is 2.98. The maximum absolute atomic E-state index is 12.7. The van der Waals surface area contributed by atoms with Crippen LogP contribution in [0.15, 0.2) is 64.8 Å². The molecule has 1 N–H and O–H groups in total. The number of allylic oxidation sites excluding steroid dienone is 2. The van der Waals surface area contributed by atoms with Crippen molar-refractivity contribution in [2.24, 2.45) is 0 Å². The third kappa shape index (κ3) is 3.18. The molecule has 0 unspecified atom stereocenters. The number of nitrogens with one attached hydrogen (secondary N) is 1. The summed E-state index contributed by atoms with van der Waals surface area (Å²) >= 11 is 5.14. The van der Waals surface area contributed by atoms with E-state index in [2.05, 4.69) is 5.32 Å². The maximum atomic E-state index is 12.7. The molecule has 1 aromatic heterocycles. The minimum absolute atomic E-state index is 0.00646. The number of hydrogen-bond donors (Lipinski definition) is 1. The number of amides is 2. The van der Waals surface area contributed by atoms with E-state index in [4.69, 9.17) is 16.6 Å². The van der Waals surface area contributed by atoms with Gasteiger partial charge in [0.1, 0.15) is 11.3 Å². The maximum Gasteiger partial charge on any atom is 0.270 e. The first kappa shape index (κ1) is 15.9. The molecule has 24 heavy (non-hydrogen) atoms. The van der Waals surface area contributed by atoms with Gasteiger partial charge in [0.25, 0.3) is 11.8 Å². The van der Waals surface area contributed by atoms with Crippen LogP contribution in [0.5, 0.6) is 0 Å². The Labute approximate surface area is 144 Å². The molecule has 2 amide bonds. The van der Waals surface area contributed by atoms with Crippen molar-refractivity contribution >= 4 is 40.9 Å². The van der Waals surface area contributed by atoms with Crippen LogP contribution in [0.1, 0.15) is 11.3 Å². The molecule has 2 heterocycles. The van der Waals surface area contributed by atoms with Gasteiger partial charge in [-0.05, 0) is 55.6 Å². The highest BCUT2D eigenvalue weighted by atomic mass is 32.1. The molecule has 5 nitrogen and oxygen atoms in total. The fraction of sp³-hybridized carbons (Fsp3) is 0.0556. The first-order valence-electron chi connectivity index (χ1n) is 7.24. The van der Waals surface area contributed by atoms with E-state index in [1.165, 1.54) is 11.0 Å². The van der Waals surface area contributed by atoms with Crippen molar-refractivity contribution in [2.75, 3.05) is 4.90 Å². The molecule has 0 aliphatic carbocycles. The average Bonchev–Trinajstić information content (AvgIpc) is 3.05. The summed E-state index contributed by atoms with van der Waals surface area (Å²) in [6.45, 7) is 1.95. The van der Waals surface area contributed by atoms with Gasteiger partial charge < -0.3 is 4.42 Å². The van der Waals surface area contributed by atoms with Crippen molar-refractivity contribution in [3.8, 4) is 0 Å². The lowest BCUT2D eigenvalue weighted by Crippen LogP contribution is -2.54. The lowest BCUT2D eigenvalue weighted by atomic mass is 10.1. The highest BCUT2D eigenvalue weighted by Gasteiger charge is 2.33. The van der Waals surface area contributed by atoms with E-state index in [0.717, 1.165) is 5.56 Å². The number of thiocarbonyl (C=S) groups is 1. The summed E-state index contributed by atoms with van der Waals surface area (Å²) in [5, 5.41) is 2.61. The molecular weight excluding hydrogens is 324 g/mol. The Bertz CT molecular complexity index is 849. The lowest BCUT2D eigenvalue weighted by molar-refractivity contribution is -0.122. The van der Waals surface area contributed by atoms with Gasteiger partial charge in [-0.1, -0.05) is 23.8 Å². The van der Waals surface area contributed by atoms with Gasteiger partial charge in [0, 0.05) is 0 Å². The second kappa shape index (κ2) is 6.64. The van der Waals surface area contributed by atoms with Crippen molar-refractivity contribution < 1.29 is 14.0 Å². The van der Waals surface area contributed by atoms with Crippen LogP contribution >= 0.6 is 12.2 Å². The topological polar surface area (TPSA) is 62.6 Å². The Kier molecular flexibility index (Phi) is 4.39. The first-order chi connectivity index (χ1) is 11.6. The van der Waals surface area contributed by atoms with Gasteiger partial charge >= 0.3 is 0 Å². The molecule has 2 aromatic rings. The number of benzene rings is 1. The summed E-state index contributed by atoms with van der Waals surface area (Å²) < 4.78 is 5.16. The van der Waals surface area contributed by atoms with Crippen LogP contribution in [0.4, 0.5) is 5.69 Å². The van der Waals surface area contributed by atoms with Crippen molar-refractivity contribution in [2.45, 2.75) is 6.92 Å². The summed E-state index contributed by atoms with van der Waals surface area (Å²) in [5.74, 6) is -0.351. The number of furan rings is 1. The normalized spacial score (nSPS) is 17.0. The van der Waals surface area contributed by atoms with E-state index in [1.807, 2.05) is 19.1 Å². The third-order valence-corrected chi connectivity index (χ3v) is 3.75. The first-order valence-corrected chi connectivity index (χ1v) is 7.65. The fourth-order valence-corrected chi connectivity index (χ4v) is 2.51. The highest BCUT2D eigenvalue weighted by Crippen LogP contribution is 2.21. The van der Waals surface area contributed by atoms with Crippen molar-refractivity contribution in [3.05, 3.63) is 71.7 Å². The van der Waals surface area contributed by atoms with E-state index < -0.39 is 11.8 Å². The Hall–Kier alpha value is -2.99. The summed E-state index contributed by atoms with van der Waals surface area (Å²) in [4.78, 5) is 26.1. The molecule has 1 aliphatic heterocycles. The van der Waals surface area contributed by atoms with E-state index in [9.17, 15) is 9.59 Å².